The molecule has 1 aromatic heterocycles. The predicted octanol–water partition coefficient (Wildman–Crippen LogP) is 4.82. The first kappa shape index (κ1) is 13.0. The van der Waals surface area contributed by atoms with Crippen LogP contribution in [-0.4, -0.2) is 0 Å². The van der Waals surface area contributed by atoms with E-state index in [9.17, 15) is 0 Å². The Balaban J connectivity index is 1.86. The molecule has 0 spiro atoms. The molecule has 0 amide bonds. The highest BCUT2D eigenvalue weighted by atomic mass is 127. The highest BCUT2D eigenvalue weighted by molar-refractivity contribution is 14.1. The van der Waals surface area contributed by atoms with Crippen molar-refractivity contribution in [1.82, 2.24) is 0 Å². The first-order valence-corrected chi connectivity index (χ1v) is 8.27. The van der Waals surface area contributed by atoms with Crippen molar-refractivity contribution in [2.45, 2.75) is 25.3 Å². The van der Waals surface area contributed by atoms with Crippen LogP contribution in [0, 0.1) is 15.2 Å². The van der Waals surface area contributed by atoms with Gasteiger partial charge in [-0.2, -0.15) is 0 Å². The SMILES string of the molecule is C#Cc1cccc(NC2CCCc3sc(I)cc32)c1. The number of aryl methyl sites for hydroxylation is 1. The average Bonchev–Trinajstić information content (AvgIpc) is 2.80. The van der Waals surface area contributed by atoms with Gasteiger partial charge in [0, 0.05) is 16.1 Å². The zero-order chi connectivity index (χ0) is 13.2. The lowest BCUT2D eigenvalue weighted by molar-refractivity contribution is 0.609. The Morgan fingerprint density at radius 3 is 3.11 bits per heavy atom. The van der Waals surface area contributed by atoms with Gasteiger partial charge < -0.3 is 5.32 Å². The molecule has 19 heavy (non-hydrogen) atoms. The van der Waals surface area contributed by atoms with Crippen LogP contribution in [0.25, 0.3) is 0 Å². The fourth-order valence-electron chi connectivity index (χ4n) is 2.57. The van der Waals surface area contributed by atoms with E-state index in [1.807, 2.05) is 29.5 Å². The minimum atomic E-state index is 0.427. The number of fused-ring (bicyclic) bond motifs is 1. The number of hydrogen-bond acceptors (Lipinski definition) is 2. The van der Waals surface area contributed by atoms with Gasteiger partial charge >= 0.3 is 0 Å². The Kier molecular flexibility index (Phi) is 3.81. The van der Waals surface area contributed by atoms with E-state index in [2.05, 4.69) is 46.0 Å². The molecule has 1 unspecified atom stereocenters. The quantitative estimate of drug-likeness (QED) is 0.583. The second-order valence-electron chi connectivity index (χ2n) is 4.74. The van der Waals surface area contributed by atoms with Crippen LogP contribution in [0.5, 0.6) is 0 Å². The number of nitrogens with one attached hydrogen (secondary N) is 1. The van der Waals surface area contributed by atoms with E-state index < -0.39 is 0 Å². The summed E-state index contributed by atoms with van der Waals surface area (Å²) in [5, 5.41) is 3.63. The van der Waals surface area contributed by atoms with E-state index in [0.29, 0.717) is 6.04 Å². The van der Waals surface area contributed by atoms with Crippen LogP contribution in [0.3, 0.4) is 0 Å². The maximum Gasteiger partial charge on any atom is 0.0660 e. The third-order valence-electron chi connectivity index (χ3n) is 3.45. The molecule has 1 aliphatic rings. The predicted molar refractivity (Wildman–Crippen MR) is 90.7 cm³/mol. The Bertz CT molecular complexity index is 638. The second-order valence-corrected chi connectivity index (χ2v) is 7.77. The van der Waals surface area contributed by atoms with E-state index >= 15 is 0 Å². The molecule has 2 aromatic rings. The summed E-state index contributed by atoms with van der Waals surface area (Å²) in [5.74, 6) is 2.69. The molecule has 3 heteroatoms. The second kappa shape index (κ2) is 5.56. The van der Waals surface area contributed by atoms with Gasteiger partial charge in [0.2, 0.25) is 0 Å². The molecule has 0 aliphatic heterocycles. The standard InChI is InChI=1S/C16H14INS/c1-2-11-5-3-6-12(9-11)18-14-7-4-8-15-13(14)10-16(17)19-15/h1,3,5-6,9-10,14,18H,4,7-8H2. The molecule has 1 atom stereocenters. The molecular weight excluding hydrogens is 365 g/mol. The first-order valence-electron chi connectivity index (χ1n) is 6.37. The zero-order valence-corrected chi connectivity index (χ0v) is 13.4. The third-order valence-corrected chi connectivity index (χ3v) is 5.42. The summed E-state index contributed by atoms with van der Waals surface area (Å²) in [5.41, 5.74) is 3.53. The van der Waals surface area contributed by atoms with Gasteiger partial charge in [-0.15, -0.1) is 17.8 Å². The lowest BCUT2D eigenvalue weighted by atomic mass is 9.94. The van der Waals surface area contributed by atoms with Gasteiger partial charge in [-0.05, 0) is 71.7 Å². The summed E-state index contributed by atoms with van der Waals surface area (Å²) in [6, 6.07) is 10.9. The van der Waals surface area contributed by atoms with Gasteiger partial charge in [-0.3, -0.25) is 0 Å². The maximum absolute atomic E-state index is 5.45. The molecule has 0 saturated heterocycles. The molecule has 96 valence electrons. The van der Waals surface area contributed by atoms with Gasteiger partial charge in [0.05, 0.1) is 8.93 Å². The summed E-state index contributed by atoms with van der Waals surface area (Å²) in [6.07, 6.45) is 9.14. The first-order chi connectivity index (χ1) is 9.26. The van der Waals surface area contributed by atoms with Gasteiger partial charge in [-0.1, -0.05) is 12.0 Å². The number of terminal acetylenes is 1. The molecule has 0 fully saturated rings. The minimum absolute atomic E-state index is 0.427. The molecule has 0 bridgehead atoms. The number of rotatable bonds is 2. The molecule has 1 aromatic carbocycles. The van der Waals surface area contributed by atoms with Crippen molar-refractivity contribution in [2.24, 2.45) is 0 Å². The van der Waals surface area contributed by atoms with Gasteiger partial charge in [0.25, 0.3) is 0 Å². The number of thiophene rings is 1. The number of hydrogen-bond donors (Lipinski definition) is 1. The highest BCUT2D eigenvalue weighted by Crippen LogP contribution is 2.38. The Morgan fingerprint density at radius 2 is 2.26 bits per heavy atom. The van der Waals surface area contributed by atoms with E-state index in [-0.39, 0.29) is 0 Å². The van der Waals surface area contributed by atoms with Crippen molar-refractivity contribution in [3.8, 4) is 12.3 Å². The lowest BCUT2D eigenvalue weighted by Gasteiger charge is -2.24. The number of anilines is 1. The van der Waals surface area contributed by atoms with Crippen molar-refractivity contribution in [3.05, 3.63) is 49.2 Å². The van der Waals surface area contributed by atoms with E-state index in [1.165, 1.54) is 27.7 Å². The molecule has 1 N–H and O–H groups in total. The summed E-state index contributed by atoms with van der Waals surface area (Å²) in [7, 11) is 0. The average molecular weight is 379 g/mol. The third kappa shape index (κ3) is 2.80. The summed E-state index contributed by atoms with van der Waals surface area (Å²) < 4.78 is 1.38. The maximum atomic E-state index is 5.45. The van der Waals surface area contributed by atoms with E-state index in [4.69, 9.17) is 6.42 Å². The summed E-state index contributed by atoms with van der Waals surface area (Å²) in [4.78, 5) is 1.54. The van der Waals surface area contributed by atoms with Crippen LogP contribution in [0.4, 0.5) is 5.69 Å². The monoisotopic (exact) mass is 379 g/mol. The summed E-state index contributed by atoms with van der Waals surface area (Å²) in [6.45, 7) is 0. The summed E-state index contributed by atoms with van der Waals surface area (Å²) >= 11 is 4.34. The van der Waals surface area contributed by atoms with Crippen molar-refractivity contribution >= 4 is 39.6 Å². The fourth-order valence-corrected chi connectivity index (χ4v) is 4.69. The highest BCUT2D eigenvalue weighted by Gasteiger charge is 2.22. The van der Waals surface area contributed by atoms with Gasteiger partial charge in [-0.25, -0.2) is 0 Å². The van der Waals surface area contributed by atoms with Crippen LogP contribution in [0.2, 0.25) is 0 Å². The van der Waals surface area contributed by atoms with Crippen molar-refractivity contribution < 1.29 is 0 Å². The fraction of sp³-hybridized carbons (Fsp3) is 0.250. The molecule has 1 aliphatic carbocycles. The van der Waals surface area contributed by atoms with Crippen LogP contribution < -0.4 is 5.32 Å². The molecule has 0 radical (unpaired) electrons. The van der Waals surface area contributed by atoms with Crippen molar-refractivity contribution in [3.63, 3.8) is 0 Å². The Hall–Kier alpha value is -0.990. The van der Waals surface area contributed by atoms with Crippen molar-refractivity contribution in [2.75, 3.05) is 5.32 Å². The lowest BCUT2D eigenvalue weighted by Crippen LogP contribution is -2.15. The van der Waals surface area contributed by atoms with Crippen molar-refractivity contribution in [1.29, 1.82) is 0 Å². The number of benzene rings is 1. The molecule has 0 saturated carbocycles. The minimum Gasteiger partial charge on any atom is -0.378 e. The van der Waals surface area contributed by atoms with Gasteiger partial charge in [0.1, 0.15) is 0 Å². The molecule has 1 nitrogen and oxygen atoms in total. The largest absolute Gasteiger partial charge is 0.378 e. The van der Waals surface area contributed by atoms with Crippen LogP contribution >= 0.6 is 33.9 Å². The Labute approximate surface area is 131 Å². The van der Waals surface area contributed by atoms with Crippen LogP contribution in [0.15, 0.2) is 30.3 Å². The normalized spacial score (nSPS) is 17.6. The zero-order valence-electron chi connectivity index (χ0n) is 10.4. The topological polar surface area (TPSA) is 12.0 Å². The van der Waals surface area contributed by atoms with E-state index in [1.54, 1.807) is 4.88 Å². The van der Waals surface area contributed by atoms with E-state index in [0.717, 1.165) is 11.3 Å². The molecular formula is C16H14INS. The van der Waals surface area contributed by atoms with Gasteiger partial charge in [0.15, 0.2) is 0 Å². The van der Waals surface area contributed by atoms with Crippen LogP contribution in [-0.2, 0) is 6.42 Å². The molecule has 1 heterocycles. The molecule has 3 rings (SSSR count). The Morgan fingerprint density at radius 1 is 1.37 bits per heavy atom. The smallest absolute Gasteiger partial charge is 0.0660 e. The van der Waals surface area contributed by atoms with Crippen LogP contribution in [0.1, 0.15) is 34.9 Å². The number of halogens is 1.